The summed E-state index contributed by atoms with van der Waals surface area (Å²) in [7, 11) is 0. The number of hydrogen-bond acceptors (Lipinski definition) is 5. The predicted octanol–water partition coefficient (Wildman–Crippen LogP) is 2.86. The second kappa shape index (κ2) is 6.43. The lowest BCUT2D eigenvalue weighted by molar-refractivity contribution is 0.0832. The molecular formula is C15H19N3OS. The van der Waals surface area contributed by atoms with Crippen molar-refractivity contribution in [2.75, 3.05) is 6.61 Å². The van der Waals surface area contributed by atoms with Gasteiger partial charge in [0.15, 0.2) is 0 Å². The number of aromatic nitrogens is 2. The Morgan fingerprint density at radius 1 is 1.35 bits per heavy atom. The second-order valence-corrected chi connectivity index (χ2v) is 6.15. The van der Waals surface area contributed by atoms with E-state index in [-0.39, 0.29) is 0 Å². The molecule has 0 radical (unpaired) electrons. The Morgan fingerprint density at radius 3 is 2.95 bits per heavy atom. The van der Waals surface area contributed by atoms with Gasteiger partial charge in [-0.05, 0) is 19.8 Å². The predicted molar refractivity (Wildman–Crippen MR) is 80.6 cm³/mol. The Hall–Kier alpha value is -1.30. The first-order valence-electron chi connectivity index (χ1n) is 7.06. The summed E-state index contributed by atoms with van der Waals surface area (Å²) in [5.41, 5.74) is 1.13. The van der Waals surface area contributed by atoms with Crippen molar-refractivity contribution >= 4 is 11.3 Å². The van der Waals surface area contributed by atoms with Crippen LogP contribution < -0.4 is 5.32 Å². The van der Waals surface area contributed by atoms with Crippen molar-refractivity contribution in [1.82, 2.24) is 15.5 Å². The number of benzene rings is 1. The summed E-state index contributed by atoms with van der Waals surface area (Å²) in [6.45, 7) is 3.83. The highest BCUT2D eigenvalue weighted by molar-refractivity contribution is 7.14. The third-order valence-corrected chi connectivity index (χ3v) is 4.56. The van der Waals surface area contributed by atoms with E-state index in [2.05, 4.69) is 34.6 Å². The van der Waals surface area contributed by atoms with E-state index < -0.39 is 0 Å². The monoisotopic (exact) mass is 289 g/mol. The van der Waals surface area contributed by atoms with Crippen molar-refractivity contribution in [2.24, 2.45) is 0 Å². The van der Waals surface area contributed by atoms with Gasteiger partial charge in [0.1, 0.15) is 10.0 Å². The first-order valence-corrected chi connectivity index (χ1v) is 7.87. The van der Waals surface area contributed by atoms with Gasteiger partial charge < -0.3 is 10.1 Å². The summed E-state index contributed by atoms with van der Waals surface area (Å²) in [6.07, 6.45) is 2.67. The minimum atomic E-state index is 0.344. The van der Waals surface area contributed by atoms with Gasteiger partial charge in [0, 0.05) is 18.2 Å². The number of nitrogens with one attached hydrogen (secondary N) is 1. The van der Waals surface area contributed by atoms with Gasteiger partial charge in [-0.25, -0.2) is 0 Å². The smallest absolute Gasteiger partial charge is 0.147 e. The highest BCUT2D eigenvalue weighted by atomic mass is 32.1. The Kier molecular flexibility index (Phi) is 4.40. The zero-order valence-corrected chi connectivity index (χ0v) is 12.4. The fourth-order valence-corrected chi connectivity index (χ4v) is 3.19. The van der Waals surface area contributed by atoms with E-state index in [1.807, 2.05) is 18.2 Å². The van der Waals surface area contributed by atoms with Gasteiger partial charge in [-0.3, -0.25) is 0 Å². The van der Waals surface area contributed by atoms with Gasteiger partial charge in [0.05, 0.1) is 12.6 Å². The number of rotatable bonds is 5. The molecule has 2 aromatic rings. The maximum absolute atomic E-state index is 5.68. The highest BCUT2D eigenvalue weighted by Gasteiger charge is 2.22. The minimum absolute atomic E-state index is 0.344. The van der Waals surface area contributed by atoms with E-state index in [9.17, 15) is 0 Å². The molecule has 5 heteroatoms. The molecule has 2 atom stereocenters. The van der Waals surface area contributed by atoms with E-state index >= 15 is 0 Å². The maximum Gasteiger partial charge on any atom is 0.147 e. The number of ether oxygens (including phenoxy) is 1. The quantitative estimate of drug-likeness (QED) is 0.919. The van der Waals surface area contributed by atoms with E-state index in [0.717, 1.165) is 35.2 Å². The van der Waals surface area contributed by atoms with E-state index in [1.165, 1.54) is 6.42 Å². The molecule has 1 aliphatic heterocycles. The summed E-state index contributed by atoms with van der Waals surface area (Å²) >= 11 is 1.64. The third-order valence-electron chi connectivity index (χ3n) is 3.59. The Balaban J connectivity index is 1.57. The maximum atomic E-state index is 5.68. The Bertz CT molecular complexity index is 537. The first-order chi connectivity index (χ1) is 9.83. The number of nitrogens with zero attached hydrogens (tertiary/aromatic N) is 2. The Labute approximate surface area is 123 Å². The fourth-order valence-electron chi connectivity index (χ4n) is 2.40. The molecule has 1 saturated heterocycles. The summed E-state index contributed by atoms with van der Waals surface area (Å²) in [6, 6.07) is 10.5. The van der Waals surface area contributed by atoms with Crippen molar-refractivity contribution in [3.63, 3.8) is 0 Å². The molecule has 0 aliphatic carbocycles. The molecule has 0 spiro atoms. The van der Waals surface area contributed by atoms with Crippen LogP contribution in [0.25, 0.3) is 10.6 Å². The molecule has 1 N–H and O–H groups in total. The molecule has 0 amide bonds. The zero-order valence-electron chi connectivity index (χ0n) is 11.6. The summed E-state index contributed by atoms with van der Waals surface area (Å²) in [5, 5.41) is 14.0. The molecule has 3 rings (SSSR count). The topological polar surface area (TPSA) is 47.0 Å². The van der Waals surface area contributed by atoms with Crippen LogP contribution in [0.1, 0.15) is 24.8 Å². The van der Waals surface area contributed by atoms with E-state index in [0.29, 0.717) is 12.1 Å². The molecule has 20 heavy (non-hydrogen) atoms. The van der Waals surface area contributed by atoms with Crippen molar-refractivity contribution < 1.29 is 4.74 Å². The van der Waals surface area contributed by atoms with Crippen LogP contribution in [0.15, 0.2) is 30.3 Å². The molecule has 106 valence electrons. The van der Waals surface area contributed by atoms with Crippen LogP contribution in [0.3, 0.4) is 0 Å². The van der Waals surface area contributed by atoms with Crippen LogP contribution in [0, 0.1) is 0 Å². The minimum Gasteiger partial charge on any atom is -0.377 e. The standard InChI is InChI=1S/C15H19N3OS/c1-11(13-8-5-9-19-13)16-10-14-17-18-15(20-14)12-6-3-2-4-7-12/h2-4,6-7,11,13,16H,5,8-10H2,1H3. The van der Waals surface area contributed by atoms with Crippen molar-refractivity contribution in [2.45, 2.75) is 38.5 Å². The molecule has 0 saturated carbocycles. The lowest BCUT2D eigenvalue weighted by atomic mass is 10.1. The van der Waals surface area contributed by atoms with Crippen LogP contribution >= 0.6 is 11.3 Å². The van der Waals surface area contributed by atoms with Crippen LogP contribution in [0.4, 0.5) is 0 Å². The summed E-state index contributed by atoms with van der Waals surface area (Å²) < 4.78 is 5.68. The van der Waals surface area contributed by atoms with E-state index in [4.69, 9.17) is 4.74 Å². The van der Waals surface area contributed by atoms with Gasteiger partial charge in [0.2, 0.25) is 0 Å². The molecule has 2 unspecified atom stereocenters. The van der Waals surface area contributed by atoms with Crippen LogP contribution in [0.5, 0.6) is 0 Å². The van der Waals surface area contributed by atoms with Gasteiger partial charge in [-0.1, -0.05) is 41.7 Å². The van der Waals surface area contributed by atoms with Crippen molar-refractivity contribution in [3.05, 3.63) is 35.3 Å². The second-order valence-electron chi connectivity index (χ2n) is 5.09. The van der Waals surface area contributed by atoms with Crippen LogP contribution in [0.2, 0.25) is 0 Å². The molecule has 4 nitrogen and oxygen atoms in total. The Morgan fingerprint density at radius 2 is 2.20 bits per heavy atom. The molecule has 1 aromatic heterocycles. The van der Waals surface area contributed by atoms with Crippen LogP contribution in [-0.4, -0.2) is 29.0 Å². The third kappa shape index (κ3) is 3.23. The van der Waals surface area contributed by atoms with E-state index in [1.54, 1.807) is 11.3 Å². The van der Waals surface area contributed by atoms with Gasteiger partial charge in [-0.15, -0.1) is 10.2 Å². The lowest BCUT2D eigenvalue weighted by Gasteiger charge is -2.19. The van der Waals surface area contributed by atoms with Crippen molar-refractivity contribution in [1.29, 1.82) is 0 Å². The first kappa shape index (κ1) is 13.7. The normalized spacial score (nSPS) is 20.1. The molecular weight excluding hydrogens is 270 g/mol. The molecule has 0 bridgehead atoms. The van der Waals surface area contributed by atoms with Crippen LogP contribution in [-0.2, 0) is 11.3 Å². The SMILES string of the molecule is CC(NCc1nnc(-c2ccccc2)s1)C1CCCO1. The lowest BCUT2D eigenvalue weighted by Crippen LogP contribution is -2.36. The molecule has 1 aromatic carbocycles. The van der Waals surface area contributed by atoms with Gasteiger partial charge in [0.25, 0.3) is 0 Å². The van der Waals surface area contributed by atoms with Gasteiger partial charge in [-0.2, -0.15) is 0 Å². The molecule has 1 aliphatic rings. The zero-order chi connectivity index (χ0) is 13.8. The van der Waals surface area contributed by atoms with Crippen molar-refractivity contribution in [3.8, 4) is 10.6 Å². The molecule has 1 fully saturated rings. The average Bonchev–Trinajstić information content (AvgIpc) is 3.17. The fraction of sp³-hybridized carbons (Fsp3) is 0.467. The largest absolute Gasteiger partial charge is 0.377 e. The number of hydrogen-bond donors (Lipinski definition) is 1. The average molecular weight is 289 g/mol. The van der Waals surface area contributed by atoms with Gasteiger partial charge >= 0.3 is 0 Å². The summed E-state index contributed by atoms with van der Waals surface area (Å²) in [4.78, 5) is 0. The molecule has 2 heterocycles. The highest BCUT2D eigenvalue weighted by Crippen LogP contribution is 2.23. The summed E-state index contributed by atoms with van der Waals surface area (Å²) in [5.74, 6) is 0.